The molecule has 0 spiro atoms. The van der Waals surface area contributed by atoms with E-state index in [4.69, 9.17) is 4.74 Å². The maximum Gasteiger partial charge on any atom is 0.306 e. The fraction of sp³-hybridized carbons (Fsp3) is 0.364. The monoisotopic (exact) mass is 268 g/mol. The van der Waals surface area contributed by atoms with E-state index in [-0.39, 0.29) is 5.97 Å². The van der Waals surface area contributed by atoms with Crippen LogP contribution in [-0.4, -0.2) is 22.5 Å². The number of carbonyl (C=O) groups is 1. The molecule has 0 fully saturated rings. The Hall–Kier alpha value is -1.27. The Balaban J connectivity index is 1.93. The predicted octanol–water partition coefficient (Wildman–Crippen LogP) is 2.76. The van der Waals surface area contributed by atoms with Crippen molar-refractivity contribution in [3.05, 3.63) is 22.8 Å². The van der Waals surface area contributed by atoms with Gasteiger partial charge >= 0.3 is 5.97 Å². The van der Waals surface area contributed by atoms with Crippen molar-refractivity contribution in [2.75, 3.05) is 6.61 Å². The van der Waals surface area contributed by atoms with Crippen LogP contribution < -0.4 is 0 Å². The van der Waals surface area contributed by atoms with Gasteiger partial charge in [0.2, 0.25) is 0 Å². The fourth-order valence-electron chi connectivity index (χ4n) is 1.32. The predicted molar refractivity (Wildman–Crippen MR) is 68.2 cm³/mol. The molecule has 0 radical (unpaired) electrons. The van der Waals surface area contributed by atoms with Crippen LogP contribution in [0, 0.1) is 0 Å². The average Bonchev–Trinajstić information content (AvgIpc) is 2.97. The lowest BCUT2D eigenvalue weighted by molar-refractivity contribution is -0.143. The molecule has 90 valence electrons. The molecule has 0 bridgehead atoms. The largest absolute Gasteiger partial charge is 0.466 e. The molecule has 0 amide bonds. The minimum Gasteiger partial charge on any atom is -0.466 e. The quantitative estimate of drug-likeness (QED) is 0.782. The molecule has 0 aromatic carbocycles. The standard InChI is InChI=1S/C11H12N2O2S2/c1-2-15-10(14)4-3-8-6-16-11(13-8)9-5-12-7-17-9/h5-7H,2-4H2,1H3. The van der Waals surface area contributed by atoms with Crippen molar-refractivity contribution >= 4 is 28.6 Å². The number of hydrogen-bond acceptors (Lipinski definition) is 6. The highest BCUT2D eigenvalue weighted by atomic mass is 32.1. The van der Waals surface area contributed by atoms with Gasteiger partial charge in [-0.1, -0.05) is 0 Å². The van der Waals surface area contributed by atoms with Crippen LogP contribution in [0.5, 0.6) is 0 Å². The normalized spacial score (nSPS) is 10.4. The molecule has 2 heterocycles. The molecule has 0 saturated heterocycles. The molecule has 0 atom stereocenters. The summed E-state index contributed by atoms with van der Waals surface area (Å²) in [6.07, 6.45) is 2.83. The molecule has 0 aliphatic rings. The lowest BCUT2D eigenvalue weighted by atomic mass is 10.2. The van der Waals surface area contributed by atoms with E-state index in [2.05, 4.69) is 9.97 Å². The van der Waals surface area contributed by atoms with Gasteiger partial charge in [0, 0.05) is 18.0 Å². The van der Waals surface area contributed by atoms with Crippen molar-refractivity contribution < 1.29 is 9.53 Å². The third kappa shape index (κ3) is 3.34. The number of hydrogen-bond donors (Lipinski definition) is 0. The van der Waals surface area contributed by atoms with Gasteiger partial charge in [-0.25, -0.2) is 4.98 Å². The van der Waals surface area contributed by atoms with Gasteiger partial charge in [0.25, 0.3) is 0 Å². The van der Waals surface area contributed by atoms with Gasteiger partial charge in [-0.3, -0.25) is 9.78 Å². The number of esters is 1. The third-order valence-electron chi connectivity index (χ3n) is 2.09. The number of aromatic nitrogens is 2. The minimum absolute atomic E-state index is 0.167. The zero-order chi connectivity index (χ0) is 12.1. The smallest absolute Gasteiger partial charge is 0.306 e. The number of rotatable bonds is 5. The summed E-state index contributed by atoms with van der Waals surface area (Å²) in [6.45, 7) is 2.24. The van der Waals surface area contributed by atoms with Gasteiger partial charge in [0.05, 0.1) is 29.1 Å². The molecule has 6 heteroatoms. The first-order chi connectivity index (χ1) is 8.29. The zero-order valence-electron chi connectivity index (χ0n) is 9.38. The number of aryl methyl sites for hydroxylation is 1. The summed E-state index contributed by atoms with van der Waals surface area (Å²) in [5.74, 6) is -0.167. The van der Waals surface area contributed by atoms with E-state index in [9.17, 15) is 4.79 Å². The Morgan fingerprint density at radius 2 is 2.35 bits per heavy atom. The van der Waals surface area contributed by atoms with Crippen LogP contribution in [0.25, 0.3) is 9.88 Å². The summed E-state index contributed by atoms with van der Waals surface area (Å²) in [5, 5.41) is 2.94. The van der Waals surface area contributed by atoms with E-state index in [1.165, 1.54) is 0 Å². The second kappa shape index (κ2) is 5.88. The zero-order valence-corrected chi connectivity index (χ0v) is 11.0. The average molecular weight is 268 g/mol. The number of carbonyl (C=O) groups excluding carboxylic acids is 1. The molecule has 4 nitrogen and oxygen atoms in total. The Morgan fingerprint density at radius 3 is 3.06 bits per heavy atom. The molecular formula is C11H12N2O2S2. The Kier molecular flexibility index (Phi) is 4.22. The summed E-state index contributed by atoms with van der Waals surface area (Å²) in [7, 11) is 0. The van der Waals surface area contributed by atoms with Gasteiger partial charge < -0.3 is 4.74 Å². The van der Waals surface area contributed by atoms with Crippen molar-refractivity contribution in [3.8, 4) is 9.88 Å². The van der Waals surface area contributed by atoms with Gasteiger partial charge in [0.1, 0.15) is 5.01 Å². The summed E-state index contributed by atoms with van der Waals surface area (Å²) in [4.78, 5) is 20.7. The van der Waals surface area contributed by atoms with Crippen LogP contribution in [0.3, 0.4) is 0 Å². The molecular weight excluding hydrogens is 256 g/mol. The van der Waals surface area contributed by atoms with Crippen LogP contribution in [0.2, 0.25) is 0 Å². The van der Waals surface area contributed by atoms with Crippen molar-refractivity contribution in [1.29, 1.82) is 0 Å². The van der Waals surface area contributed by atoms with E-state index in [0.717, 1.165) is 15.6 Å². The van der Waals surface area contributed by atoms with Crippen molar-refractivity contribution in [3.63, 3.8) is 0 Å². The molecule has 17 heavy (non-hydrogen) atoms. The van der Waals surface area contributed by atoms with Crippen molar-refractivity contribution in [2.24, 2.45) is 0 Å². The molecule has 2 rings (SSSR count). The Bertz CT molecular complexity index is 479. The van der Waals surface area contributed by atoms with Gasteiger partial charge in [-0.05, 0) is 6.92 Å². The van der Waals surface area contributed by atoms with Crippen molar-refractivity contribution in [1.82, 2.24) is 9.97 Å². The lowest BCUT2D eigenvalue weighted by Crippen LogP contribution is -2.05. The lowest BCUT2D eigenvalue weighted by Gasteiger charge is -1.98. The molecule has 0 saturated carbocycles. The highest BCUT2D eigenvalue weighted by Gasteiger charge is 2.08. The van der Waals surface area contributed by atoms with Crippen LogP contribution >= 0.6 is 22.7 Å². The summed E-state index contributed by atoms with van der Waals surface area (Å²) >= 11 is 3.15. The summed E-state index contributed by atoms with van der Waals surface area (Å²) < 4.78 is 4.87. The number of ether oxygens (including phenoxy) is 1. The molecule has 2 aromatic heterocycles. The maximum absolute atomic E-state index is 11.2. The number of thiazole rings is 2. The fourth-order valence-corrected chi connectivity index (χ4v) is 2.87. The molecule has 0 unspecified atom stereocenters. The highest BCUT2D eigenvalue weighted by Crippen LogP contribution is 2.26. The first kappa shape index (κ1) is 12.2. The minimum atomic E-state index is -0.167. The van der Waals surface area contributed by atoms with Crippen molar-refractivity contribution in [2.45, 2.75) is 19.8 Å². The Labute approximate surface area is 107 Å². The van der Waals surface area contributed by atoms with E-state index in [0.29, 0.717) is 19.4 Å². The van der Waals surface area contributed by atoms with E-state index in [1.807, 2.05) is 12.3 Å². The van der Waals surface area contributed by atoms with Crippen LogP contribution in [0.15, 0.2) is 17.1 Å². The first-order valence-corrected chi connectivity index (χ1v) is 7.04. The van der Waals surface area contributed by atoms with Gasteiger partial charge in [-0.2, -0.15) is 0 Å². The molecule has 0 N–H and O–H groups in total. The molecule has 2 aromatic rings. The van der Waals surface area contributed by atoms with E-state index < -0.39 is 0 Å². The first-order valence-electron chi connectivity index (χ1n) is 5.28. The topological polar surface area (TPSA) is 52.1 Å². The van der Waals surface area contributed by atoms with E-state index in [1.54, 1.807) is 34.4 Å². The third-order valence-corrected chi connectivity index (χ3v) is 3.92. The molecule has 0 aliphatic carbocycles. The second-order valence-corrected chi connectivity index (χ2v) is 5.06. The van der Waals surface area contributed by atoms with Gasteiger partial charge in [0.15, 0.2) is 0 Å². The van der Waals surface area contributed by atoms with E-state index >= 15 is 0 Å². The maximum atomic E-state index is 11.2. The SMILES string of the molecule is CCOC(=O)CCc1csc(-c2cncs2)n1. The van der Waals surface area contributed by atoms with Gasteiger partial charge in [-0.15, -0.1) is 22.7 Å². The van der Waals surface area contributed by atoms with Crippen LogP contribution in [0.1, 0.15) is 19.0 Å². The van der Waals surface area contributed by atoms with Crippen LogP contribution in [0.4, 0.5) is 0 Å². The Morgan fingerprint density at radius 1 is 1.47 bits per heavy atom. The highest BCUT2D eigenvalue weighted by molar-refractivity contribution is 7.19. The second-order valence-electron chi connectivity index (χ2n) is 3.31. The summed E-state index contributed by atoms with van der Waals surface area (Å²) in [6, 6.07) is 0. The van der Waals surface area contributed by atoms with Crippen LogP contribution in [-0.2, 0) is 16.0 Å². The molecule has 0 aliphatic heterocycles. The number of nitrogens with zero attached hydrogens (tertiary/aromatic N) is 2. The summed E-state index contributed by atoms with van der Waals surface area (Å²) in [5.41, 5.74) is 2.72.